The predicted molar refractivity (Wildman–Crippen MR) is 181 cm³/mol. The van der Waals surface area contributed by atoms with Crippen molar-refractivity contribution >= 4 is 44.9 Å². The molecule has 9 rings (SSSR count). The third-order valence-electron chi connectivity index (χ3n) is 9.52. The van der Waals surface area contributed by atoms with Crippen molar-refractivity contribution in [2.75, 3.05) is 0 Å². The number of para-hydroxylation sites is 2. The first kappa shape index (κ1) is 24.5. The van der Waals surface area contributed by atoms with E-state index in [0.717, 1.165) is 30.4 Å². The Kier molecular flexibility index (Phi) is 5.52. The fourth-order valence-electron chi connectivity index (χ4n) is 7.67. The van der Waals surface area contributed by atoms with Gasteiger partial charge in [0, 0.05) is 27.8 Å². The molecule has 1 atom stereocenters. The second-order valence-electron chi connectivity index (χ2n) is 11.8. The van der Waals surface area contributed by atoms with Gasteiger partial charge in [0.1, 0.15) is 11.2 Å². The summed E-state index contributed by atoms with van der Waals surface area (Å²) in [6.07, 6.45) is 12.5. The van der Waals surface area contributed by atoms with Crippen LogP contribution in [0.15, 0.2) is 132 Å². The van der Waals surface area contributed by atoms with E-state index in [2.05, 4.69) is 140 Å². The smallest absolute Gasteiger partial charge is 0.143 e. The fourth-order valence-corrected chi connectivity index (χ4v) is 7.67. The molecule has 2 aliphatic carbocycles. The van der Waals surface area contributed by atoms with Crippen molar-refractivity contribution in [2.24, 2.45) is 0 Å². The van der Waals surface area contributed by atoms with Crippen LogP contribution in [0.3, 0.4) is 0 Å². The van der Waals surface area contributed by atoms with Crippen LogP contribution in [0, 0.1) is 0 Å². The summed E-state index contributed by atoms with van der Waals surface area (Å²) in [5.41, 5.74) is 14.0. The highest BCUT2D eigenvalue weighted by Gasteiger charge is 2.27. The highest BCUT2D eigenvalue weighted by molar-refractivity contribution is 6.16. The SMILES string of the molecule is C1=Cc2c(c(-c3cccc4c3C=CCC4c3ccccc3)c3ccccc3c2-c2cccc3c2oc2ccccc23)CC1. The highest BCUT2D eigenvalue weighted by atomic mass is 16.3. The molecule has 0 fully saturated rings. The second-order valence-corrected chi connectivity index (χ2v) is 11.8. The van der Waals surface area contributed by atoms with Gasteiger partial charge < -0.3 is 4.42 Å². The number of furan rings is 1. The molecule has 0 bridgehead atoms. The molecule has 1 nitrogen and oxygen atoms in total. The first-order chi connectivity index (χ1) is 21.4. The van der Waals surface area contributed by atoms with Crippen LogP contribution < -0.4 is 0 Å². The molecule has 1 aromatic heterocycles. The molecule has 1 unspecified atom stereocenters. The van der Waals surface area contributed by atoms with Crippen molar-refractivity contribution in [2.45, 2.75) is 25.2 Å². The van der Waals surface area contributed by atoms with Crippen molar-refractivity contribution in [3.05, 3.63) is 155 Å². The summed E-state index contributed by atoms with van der Waals surface area (Å²) in [4.78, 5) is 0. The van der Waals surface area contributed by atoms with E-state index in [4.69, 9.17) is 4.42 Å². The van der Waals surface area contributed by atoms with Crippen LogP contribution in [0.1, 0.15) is 46.6 Å². The lowest BCUT2D eigenvalue weighted by Gasteiger charge is -2.28. The zero-order valence-electron chi connectivity index (χ0n) is 23.9. The standard InChI is InChI=1S/C42H30O/c1-2-13-27(14-3-1)28-20-10-22-30-29(28)21-11-23-32(30)40-33-16-4-6-18-35(33)41(36-19-7-5-17-34(36)40)38-25-12-24-37-31-15-8-9-26-39(31)43-42(37)38/h1-4,6-16,18-19,21-26,28H,5,17,20H2. The molecule has 1 heterocycles. The molecule has 2 aliphatic rings. The van der Waals surface area contributed by atoms with E-state index in [-0.39, 0.29) is 0 Å². The van der Waals surface area contributed by atoms with E-state index in [0.29, 0.717) is 5.92 Å². The quantitative estimate of drug-likeness (QED) is 0.213. The Balaban J connectivity index is 1.35. The van der Waals surface area contributed by atoms with Crippen LogP contribution in [-0.2, 0) is 6.42 Å². The number of rotatable bonds is 3. The van der Waals surface area contributed by atoms with Crippen molar-refractivity contribution in [3.8, 4) is 22.3 Å². The van der Waals surface area contributed by atoms with Gasteiger partial charge >= 0.3 is 0 Å². The van der Waals surface area contributed by atoms with Gasteiger partial charge in [0.05, 0.1) is 0 Å². The zero-order chi connectivity index (χ0) is 28.3. The Hall–Kier alpha value is -5.14. The van der Waals surface area contributed by atoms with Crippen LogP contribution in [0.4, 0.5) is 0 Å². The van der Waals surface area contributed by atoms with E-state index in [9.17, 15) is 0 Å². The van der Waals surface area contributed by atoms with Crippen LogP contribution in [0.2, 0.25) is 0 Å². The molecule has 1 heteroatoms. The Morgan fingerprint density at radius 2 is 1.23 bits per heavy atom. The third kappa shape index (κ3) is 3.71. The molecule has 0 N–H and O–H groups in total. The van der Waals surface area contributed by atoms with Crippen molar-refractivity contribution < 1.29 is 4.42 Å². The number of fused-ring (bicyclic) bond motifs is 6. The monoisotopic (exact) mass is 550 g/mol. The Morgan fingerprint density at radius 3 is 2.12 bits per heavy atom. The van der Waals surface area contributed by atoms with Gasteiger partial charge in [0.25, 0.3) is 0 Å². The summed E-state index contributed by atoms with van der Waals surface area (Å²) in [6.45, 7) is 0. The lowest BCUT2D eigenvalue weighted by molar-refractivity contribution is 0.670. The highest BCUT2D eigenvalue weighted by Crippen LogP contribution is 2.49. The number of hydrogen-bond acceptors (Lipinski definition) is 1. The third-order valence-corrected chi connectivity index (χ3v) is 9.52. The average molecular weight is 551 g/mol. The molecule has 7 aromatic rings. The largest absolute Gasteiger partial charge is 0.455 e. The molecular formula is C42H30O. The molecule has 0 amide bonds. The molecular weight excluding hydrogens is 520 g/mol. The average Bonchev–Trinajstić information content (AvgIpc) is 3.46. The minimum Gasteiger partial charge on any atom is -0.455 e. The minimum atomic E-state index is 0.369. The molecule has 0 aliphatic heterocycles. The van der Waals surface area contributed by atoms with E-state index in [1.807, 2.05) is 0 Å². The van der Waals surface area contributed by atoms with E-state index in [1.165, 1.54) is 71.6 Å². The van der Waals surface area contributed by atoms with Gasteiger partial charge in [0.15, 0.2) is 0 Å². The number of hydrogen-bond donors (Lipinski definition) is 0. The Bertz CT molecular complexity index is 2260. The Labute approximate surface area is 251 Å². The first-order valence-electron chi connectivity index (χ1n) is 15.4. The lowest BCUT2D eigenvalue weighted by Crippen LogP contribution is -2.08. The first-order valence-corrected chi connectivity index (χ1v) is 15.4. The summed E-state index contributed by atoms with van der Waals surface area (Å²) < 4.78 is 6.59. The van der Waals surface area contributed by atoms with Gasteiger partial charge in [-0.25, -0.2) is 0 Å². The number of allylic oxidation sites excluding steroid dienone is 2. The summed E-state index contributed by atoms with van der Waals surface area (Å²) in [7, 11) is 0. The molecule has 6 aromatic carbocycles. The van der Waals surface area contributed by atoms with Crippen molar-refractivity contribution in [1.29, 1.82) is 0 Å². The van der Waals surface area contributed by atoms with Gasteiger partial charge in [-0.3, -0.25) is 0 Å². The maximum absolute atomic E-state index is 6.59. The van der Waals surface area contributed by atoms with Crippen LogP contribution >= 0.6 is 0 Å². The van der Waals surface area contributed by atoms with E-state index >= 15 is 0 Å². The Morgan fingerprint density at radius 1 is 0.535 bits per heavy atom. The van der Waals surface area contributed by atoms with E-state index in [1.54, 1.807) is 0 Å². The normalized spacial score (nSPS) is 15.7. The molecule has 43 heavy (non-hydrogen) atoms. The minimum absolute atomic E-state index is 0.369. The fraction of sp³-hybridized carbons (Fsp3) is 0.0952. The number of benzene rings is 6. The van der Waals surface area contributed by atoms with Crippen LogP contribution in [-0.4, -0.2) is 0 Å². The van der Waals surface area contributed by atoms with Crippen LogP contribution in [0.25, 0.3) is 67.1 Å². The van der Waals surface area contributed by atoms with E-state index < -0.39 is 0 Å². The predicted octanol–water partition coefficient (Wildman–Crippen LogP) is 11.6. The molecule has 0 saturated heterocycles. The summed E-state index contributed by atoms with van der Waals surface area (Å²) in [5, 5.41) is 4.92. The van der Waals surface area contributed by atoms with Gasteiger partial charge in [-0.05, 0) is 75.0 Å². The van der Waals surface area contributed by atoms with Gasteiger partial charge in [-0.1, -0.05) is 133 Å². The van der Waals surface area contributed by atoms with Gasteiger partial charge in [0.2, 0.25) is 0 Å². The van der Waals surface area contributed by atoms with Crippen molar-refractivity contribution in [3.63, 3.8) is 0 Å². The topological polar surface area (TPSA) is 13.1 Å². The lowest BCUT2D eigenvalue weighted by atomic mass is 9.76. The van der Waals surface area contributed by atoms with Gasteiger partial charge in [-0.2, -0.15) is 0 Å². The zero-order valence-corrected chi connectivity index (χ0v) is 23.9. The molecule has 0 spiro atoms. The maximum atomic E-state index is 6.59. The van der Waals surface area contributed by atoms with Crippen molar-refractivity contribution in [1.82, 2.24) is 0 Å². The molecule has 204 valence electrons. The maximum Gasteiger partial charge on any atom is 0.143 e. The molecule has 0 saturated carbocycles. The molecule has 0 radical (unpaired) electrons. The summed E-state index contributed by atoms with van der Waals surface area (Å²) in [6, 6.07) is 41.9. The van der Waals surface area contributed by atoms with Gasteiger partial charge in [-0.15, -0.1) is 0 Å². The summed E-state index contributed by atoms with van der Waals surface area (Å²) in [5.74, 6) is 0.369. The second kappa shape index (κ2) is 9.71. The summed E-state index contributed by atoms with van der Waals surface area (Å²) >= 11 is 0. The van der Waals surface area contributed by atoms with Crippen LogP contribution in [0.5, 0.6) is 0 Å².